The molecule has 0 unspecified atom stereocenters. The Bertz CT molecular complexity index is 807. The summed E-state index contributed by atoms with van der Waals surface area (Å²) >= 11 is 5.95. The number of aromatic amines is 2. The summed E-state index contributed by atoms with van der Waals surface area (Å²) in [6.07, 6.45) is 0.161. The molecular weight excluding hydrogens is 332 g/mol. The SMILES string of the molecule is CCOC(=O)[C@H]1[C@H](c2ccc(Cl)cc2)c2c([nH][nH]c2=O)C[C@@]1(C)O. The third kappa shape index (κ3) is 2.76. The molecule has 3 atom stereocenters. The minimum Gasteiger partial charge on any atom is -0.466 e. The van der Waals surface area contributed by atoms with Crippen LogP contribution in [0.5, 0.6) is 0 Å². The maximum Gasteiger partial charge on any atom is 0.312 e. The van der Waals surface area contributed by atoms with Crippen molar-refractivity contribution in [1.82, 2.24) is 10.2 Å². The van der Waals surface area contributed by atoms with Gasteiger partial charge in [-0.05, 0) is 31.5 Å². The van der Waals surface area contributed by atoms with Crippen molar-refractivity contribution in [1.29, 1.82) is 0 Å². The fourth-order valence-electron chi connectivity index (χ4n) is 3.52. The van der Waals surface area contributed by atoms with Crippen molar-refractivity contribution in [3.05, 3.63) is 56.5 Å². The molecule has 1 aromatic heterocycles. The fraction of sp³-hybridized carbons (Fsp3) is 0.412. The third-order valence-corrected chi connectivity index (χ3v) is 4.77. The molecule has 1 aliphatic rings. The second-order valence-corrected chi connectivity index (χ2v) is 6.70. The van der Waals surface area contributed by atoms with Gasteiger partial charge in [-0.25, -0.2) is 0 Å². The van der Waals surface area contributed by atoms with Gasteiger partial charge in [0.15, 0.2) is 0 Å². The molecule has 0 spiro atoms. The van der Waals surface area contributed by atoms with Gasteiger partial charge in [-0.3, -0.25) is 14.7 Å². The number of esters is 1. The van der Waals surface area contributed by atoms with Crippen molar-refractivity contribution >= 4 is 17.6 Å². The lowest BCUT2D eigenvalue weighted by Gasteiger charge is -2.40. The van der Waals surface area contributed by atoms with Crippen LogP contribution in [0.25, 0.3) is 0 Å². The van der Waals surface area contributed by atoms with Gasteiger partial charge in [0.2, 0.25) is 0 Å². The first-order valence-electron chi connectivity index (χ1n) is 7.79. The molecule has 0 radical (unpaired) electrons. The van der Waals surface area contributed by atoms with E-state index >= 15 is 0 Å². The molecule has 0 aliphatic heterocycles. The number of aromatic nitrogens is 2. The Morgan fingerprint density at radius 3 is 2.67 bits per heavy atom. The van der Waals surface area contributed by atoms with E-state index in [4.69, 9.17) is 16.3 Å². The highest BCUT2D eigenvalue weighted by atomic mass is 35.5. The predicted molar refractivity (Wildman–Crippen MR) is 89.2 cm³/mol. The summed E-state index contributed by atoms with van der Waals surface area (Å²) in [6.45, 7) is 3.50. The Morgan fingerprint density at radius 2 is 2.04 bits per heavy atom. The van der Waals surface area contributed by atoms with Crippen LogP contribution in [-0.2, 0) is 16.0 Å². The van der Waals surface area contributed by atoms with E-state index in [9.17, 15) is 14.7 Å². The van der Waals surface area contributed by atoms with E-state index in [1.807, 2.05) is 0 Å². The average Bonchev–Trinajstić information content (AvgIpc) is 2.86. The highest BCUT2D eigenvalue weighted by molar-refractivity contribution is 6.30. The molecule has 0 saturated heterocycles. The van der Waals surface area contributed by atoms with Crippen molar-refractivity contribution in [3.63, 3.8) is 0 Å². The topological polar surface area (TPSA) is 95.2 Å². The molecule has 2 aromatic rings. The number of rotatable bonds is 3. The zero-order valence-corrected chi connectivity index (χ0v) is 14.2. The van der Waals surface area contributed by atoms with E-state index in [1.165, 1.54) is 0 Å². The molecule has 0 amide bonds. The van der Waals surface area contributed by atoms with Crippen molar-refractivity contribution in [2.75, 3.05) is 6.61 Å². The van der Waals surface area contributed by atoms with Gasteiger partial charge >= 0.3 is 5.97 Å². The summed E-state index contributed by atoms with van der Waals surface area (Å²) in [4.78, 5) is 24.9. The maximum absolute atomic E-state index is 12.6. The van der Waals surface area contributed by atoms with E-state index in [1.54, 1.807) is 38.1 Å². The van der Waals surface area contributed by atoms with Gasteiger partial charge in [0, 0.05) is 28.6 Å². The van der Waals surface area contributed by atoms with Gasteiger partial charge in [0.25, 0.3) is 5.56 Å². The molecule has 0 saturated carbocycles. The third-order valence-electron chi connectivity index (χ3n) is 4.52. The highest BCUT2D eigenvalue weighted by Crippen LogP contribution is 2.44. The number of fused-ring (bicyclic) bond motifs is 1. The molecule has 0 bridgehead atoms. The number of H-pyrrole nitrogens is 2. The normalized spacial score (nSPS) is 26.0. The van der Waals surface area contributed by atoms with Crippen LogP contribution in [0.1, 0.15) is 36.6 Å². The zero-order chi connectivity index (χ0) is 17.5. The summed E-state index contributed by atoms with van der Waals surface area (Å²) in [5.41, 5.74) is 0.139. The minimum atomic E-state index is -1.35. The van der Waals surface area contributed by atoms with Crippen molar-refractivity contribution in [2.45, 2.75) is 31.8 Å². The van der Waals surface area contributed by atoms with Gasteiger partial charge in [-0.15, -0.1) is 0 Å². The lowest BCUT2D eigenvalue weighted by Crippen LogP contribution is -2.50. The molecule has 6 nitrogen and oxygen atoms in total. The molecule has 7 heteroatoms. The molecule has 1 aliphatic carbocycles. The second-order valence-electron chi connectivity index (χ2n) is 6.26. The van der Waals surface area contributed by atoms with E-state index < -0.39 is 23.4 Å². The first-order chi connectivity index (χ1) is 11.3. The summed E-state index contributed by atoms with van der Waals surface area (Å²) < 4.78 is 5.18. The molecule has 128 valence electrons. The van der Waals surface area contributed by atoms with Crippen LogP contribution in [-0.4, -0.2) is 33.5 Å². The summed E-state index contributed by atoms with van der Waals surface area (Å²) in [7, 11) is 0. The molecule has 24 heavy (non-hydrogen) atoms. The summed E-state index contributed by atoms with van der Waals surface area (Å²) in [6, 6.07) is 6.92. The summed E-state index contributed by atoms with van der Waals surface area (Å²) in [5, 5.41) is 16.8. The van der Waals surface area contributed by atoms with E-state index in [0.717, 1.165) is 5.56 Å². The van der Waals surface area contributed by atoms with Crippen molar-refractivity contribution in [2.24, 2.45) is 5.92 Å². The second kappa shape index (κ2) is 6.11. The lowest BCUT2D eigenvalue weighted by molar-refractivity contribution is -0.159. The van der Waals surface area contributed by atoms with Crippen molar-refractivity contribution in [3.8, 4) is 0 Å². The smallest absolute Gasteiger partial charge is 0.312 e. The molecule has 3 rings (SSSR count). The number of hydrogen-bond acceptors (Lipinski definition) is 4. The lowest BCUT2D eigenvalue weighted by atomic mass is 9.66. The largest absolute Gasteiger partial charge is 0.466 e. The van der Waals surface area contributed by atoms with Gasteiger partial charge in [0.05, 0.1) is 18.1 Å². The molecule has 1 aromatic carbocycles. The maximum atomic E-state index is 12.6. The van der Waals surface area contributed by atoms with E-state index in [2.05, 4.69) is 10.2 Å². The van der Waals surface area contributed by atoms with Crippen LogP contribution in [0.3, 0.4) is 0 Å². The quantitative estimate of drug-likeness (QED) is 0.737. The summed E-state index contributed by atoms with van der Waals surface area (Å²) in [5.74, 6) is -2.02. The first kappa shape index (κ1) is 16.8. The van der Waals surface area contributed by atoms with E-state index in [0.29, 0.717) is 16.3 Å². The number of benzene rings is 1. The number of halogens is 1. The zero-order valence-electron chi connectivity index (χ0n) is 13.4. The molecular formula is C17H19ClN2O4. The Balaban J connectivity index is 2.20. The molecule has 1 heterocycles. The van der Waals surface area contributed by atoms with Crippen LogP contribution >= 0.6 is 11.6 Å². The number of hydrogen-bond donors (Lipinski definition) is 3. The van der Waals surface area contributed by atoms with Crippen LogP contribution in [0.15, 0.2) is 29.1 Å². The van der Waals surface area contributed by atoms with Crippen LogP contribution in [0, 0.1) is 5.92 Å². The highest BCUT2D eigenvalue weighted by Gasteiger charge is 2.51. The minimum absolute atomic E-state index is 0.161. The van der Waals surface area contributed by atoms with Crippen LogP contribution in [0.2, 0.25) is 5.02 Å². The monoisotopic (exact) mass is 350 g/mol. The first-order valence-corrected chi connectivity index (χ1v) is 8.17. The Morgan fingerprint density at radius 1 is 1.38 bits per heavy atom. The Labute approximate surface area is 143 Å². The number of nitrogens with one attached hydrogen (secondary N) is 2. The van der Waals surface area contributed by atoms with Crippen LogP contribution < -0.4 is 5.56 Å². The van der Waals surface area contributed by atoms with Crippen LogP contribution in [0.4, 0.5) is 0 Å². The number of carbonyl (C=O) groups is 1. The van der Waals surface area contributed by atoms with Gasteiger partial charge in [-0.1, -0.05) is 23.7 Å². The van der Waals surface area contributed by atoms with Crippen molar-refractivity contribution < 1.29 is 14.6 Å². The van der Waals surface area contributed by atoms with Gasteiger partial charge < -0.3 is 14.9 Å². The molecule has 0 fully saturated rings. The standard InChI is InChI=1S/C17H19ClN2O4/c1-3-24-16(22)14-12(9-4-6-10(18)7-5-9)13-11(8-17(14,2)23)19-20-15(13)21/h4-7,12,14,23H,3,8H2,1-2H3,(H2,19,20,21)/t12-,14-,17-/m1/s1. The fourth-order valence-corrected chi connectivity index (χ4v) is 3.64. The van der Waals surface area contributed by atoms with Gasteiger partial charge in [0.1, 0.15) is 0 Å². The Hall–Kier alpha value is -2.05. The number of carbonyl (C=O) groups excluding carboxylic acids is 1. The average molecular weight is 351 g/mol. The molecule has 3 N–H and O–H groups in total. The van der Waals surface area contributed by atoms with Gasteiger partial charge in [-0.2, -0.15) is 0 Å². The number of ether oxygens (including phenoxy) is 1. The Kier molecular flexibility index (Phi) is 4.27. The number of aliphatic hydroxyl groups is 1. The predicted octanol–water partition coefficient (Wildman–Crippen LogP) is 1.97. The van der Waals surface area contributed by atoms with E-state index in [-0.39, 0.29) is 18.6 Å².